The molecule has 0 fully saturated rings. The van der Waals surface area contributed by atoms with Gasteiger partial charge in [-0.1, -0.05) is 16.8 Å². The molecule has 0 unspecified atom stereocenters. The Labute approximate surface area is 132 Å². The average molecular weight is 317 g/mol. The lowest BCUT2D eigenvalue weighted by Crippen LogP contribution is -1.91. The van der Waals surface area contributed by atoms with E-state index in [1.807, 2.05) is 18.2 Å². The molecular weight excluding hydrogens is 304 g/mol. The average Bonchev–Trinajstić information content (AvgIpc) is 3.05. The van der Waals surface area contributed by atoms with Crippen molar-refractivity contribution in [2.45, 2.75) is 0 Å². The zero-order valence-electron chi connectivity index (χ0n) is 12.0. The van der Waals surface area contributed by atoms with Gasteiger partial charge in [-0.2, -0.15) is 4.98 Å². The first kappa shape index (κ1) is 14.4. The maximum absolute atomic E-state index is 5.87. The van der Waals surface area contributed by atoms with E-state index in [0.717, 1.165) is 11.1 Å². The van der Waals surface area contributed by atoms with Gasteiger partial charge in [-0.3, -0.25) is 0 Å². The Hall–Kier alpha value is -2.53. The highest BCUT2D eigenvalue weighted by Crippen LogP contribution is 2.32. The van der Waals surface area contributed by atoms with Crippen LogP contribution in [0.3, 0.4) is 0 Å². The number of rotatable bonds is 4. The molecule has 0 amide bonds. The lowest BCUT2D eigenvalue weighted by molar-refractivity contribution is 0.355. The minimum Gasteiger partial charge on any atom is -0.493 e. The summed E-state index contributed by atoms with van der Waals surface area (Å²) in [7, 11) is 3.17. The molecule has 22 heavy (non-hydrogen) atoms. The summed E-state index contributed by atoms with van der Waals surface area (Å²) < 4.78 is 15.8. The quantitative estimate of drug-likeness (QED) is 0.726. The topological polar surface area (TPSA) is 57.4 Å². The first-order valence-electron chi connectivity index (χ1n) is 6.53. The van der Waals surface area contributed by atoms with Crippen LogP contribution in [0.1, 0.15) is 0 Å². The molecule has 0 aliphatic rings. The van der Waals surface area contributed by atoms with Crippen LogP contribution in [0.4, 0.5) is 0 Å². The zero-order chi connectivity index (χ0) is 15.5. The van der Waals surface area contributed by atoms with E-state index in [9.17, 15) is 0 Å². The van der Waals surface area contributed by atoms with E-state index in [2.05, 4.69) is 10.1 Å². The third-order valence-electron chi connectivity index (χ3n) is 3.16. The lowest BCUT2D eigenvalue weighted by Gasteiger charge is -2.07. The predicted molar refractivity (Wildman–Crippen MR) is 83.3 cm³/mol. The number of halogens is 1. The highest BCUT2D eigenvalue weighted by Gasteiger charge is 2.13. The highest BCUT2D eigenvalue weighted by atomic mass is 35.5. The Bertz CT molecular complexity index is 784. The smallest absolute Gasteiger partial charge is 0.258 e. The van der Waals surface area contributed by atoms with Crippen molar-refractivity contribution in [2.24, 2.45) is 0 Å². The maximum Gasteiger partial charge on any atom is 0.258 e. The van der Waals surface area contributed by atoms with E-state index in [-0.39, 0.29) is 0 Å². The lowest BCUT2D eigenvalue weighted by atomic mass is 10.2. The van der Waals surface area contributed by atoms with E-state index in [1.165, 1.54) is 0 Å². The van der Waals surface area contributed by atoms with Crippen LogP contribution >= 0.6 is 11.6 Å². The summed E-state index contributed by atoms with van der Waals surface area (Å²) in [4.78, 5) is 4.39. The summed E-state index contributed by atoms with van der Waals surface area (Å²) in [5.41, 5.74) is 1.59. The second kappa shape index (κ2) is 6.07. The Morgan fingerprint density at radius 3 is 2.27 bits per heavy atom. The molecule has 3 rings (SSSR count). The SMILES string of the molecule is COc1ccc(-c2noc(-c3ccc(Cl)cc3)n2)cc1OC. The van der Waals surface area contributed by atoms with E-state index < -0.39 is 0 Å². The largest absolute Gasteiger partial charge is 0.493 e. The van der Waals surface area contributed by atoms with E-state index in [0.29, 0.717) is 28.2 Å². The molecular formula is C16H13ClN2O3. The van der Waals surface area contributed by atoms with Crippen molar-refractivity contribution >= 4 is 11.6 Å². The first-order chi connectivity index (χ1) is 10.7. The summed E-state index contributed by atoms with van der Waals surface area (Å²) in [6.45, 7) is 0. The zero-order valence-corrected chi connectivity index (χ0v) is 12.8. The Balaban J connectivity index is 1.95. The molecule has 0 atom stereocenters. The van der Waals surface area contributed by atoms with Crippen molar-refractivity contribution in [3.8, 4) is 34.3 Å². The van der Waals surface area contributed by atoms with Crippen molar-refractivity contribution < 1.29 is 14.0 Å². The molecule has 6 heteroatoms. The fraction of sp³-hybridized carbons (Fsp3) is 0.125. The second-order valence-corrected chi connectivity index (χ2v) is 4.94. The van der Waals surface area contributed by atoms with Gasteiger partial charge in [0.25, 0.3) is 5.89 Å². The fourth-order valence-electron chi connectivity index (χ4n) is 2.03. The van der Waals surface area contributed by atoms with Gasteiger partial charge in [0.05, 0.1) is 14.2 Å². The van der Waals surface area contributed by atoms with Crippen LogP contribution in [0.25, 0.3) is 22.8 Å². The number of hydrogen-bond acceptors (Lipinski definition) is 5. The van der Waals surface area contributed by atoms with Gasteiger partial charge in [-0.05, 0) is 42.5 Å². The van der Waals surface area contributed by atoms with Gasteiger partial charge in [0.1, 0.15) is 0 Å². The number of nitrogens with zero attached hydrogens (tertiary/aromatic N) is 2. The van der Waals surface area contributed by atoms with Crippen molar-refractivity contribution in [3.05, 3.63) is 47.5 Å². The fourth-order valence-corrected chi connectivity index (χ4v) is 2.15. The van der Waals surface area contributed by atoms with Crippen LogP contribution in [0, 0.1) is 0 Å². The molecule has 0 aliphatic heterocycles. The van der Waals surface area contributed by atoms with Crippen molar-refractivity contribution in [1.82, 2.24) is 10.1 Å². The number of aromatic nitrogens is 2. The third kappa shape index (κ3) is 2.76. The molecule has 0 N–H and O–H groups in total. The Morgan fingerprint density at radius 2 is 1.59 bits per heavy atom. The van der Waals surface area contributed by atoms with Crippen molar-refractivity contribution in [1.29, 1.82) is 0 Å². The number of ether oxygens (including phenoxy) is 2. The van der Waals surface area contributed by atoms with Crippen LogP contribution in [-0.4, -0.2) is 24.4 Å². The molecule has 0 saturated carbocycles. The minimum absolute atomic E-state index is 0.432. The van der Waals surface area contributed by atoms with E-state index in [4.69, 9.17) is 25.6 Å². The van der Waals surface area contributed by atoms with Crippen LogP contribution in [-0.2, 0) is 0 Å². The van der Waals surface area contributed by atoms with Crippen LogP contribution < -0.4 is 9.47 Å². The molecule has 0 aliphatic carbocycles. The predicted octanol–water partition coefficient (Wildman–Crippen LogP) is 4.07. The van der Waals surface area contributed by atoms with Crippen molar-refractivity contribution in [2.75, 3.05) is 14.2 Å². The molecule has 0 bridgehead atoms. The molecule has 1 aromatic heterocycles. The standard InChI is InChI=1S/C16H13ClN2O3/c1-20-13-8-5-11(9-14(13)21-2)15-18-16(22-19-15)10-3-6-12(17)7-4-10/h3-9H,1-2H3. The highest BCUT2D eigenvalue weighted by molar-refractivity contribution is 6.30. The number of hydrogen-bond donors (Lipinski definition) is 0. The number of methoxy groups -OCH3 is 2. The molecule has 3 aromatic rings. The summed E-state index contributed by atoms with van der Waals surface area (Å²) >= 11 is 5.87. The van der Waals surface area contributed by atoms with Gasteiger partial charge in [-0.25, -0.2) is 0 Å². The Morgan fingerprint density at radius 1 is 0.909 bits per heavy atom. The van der Waals surface area contributed by atoms with Gasteiger partial charge in [-0.15, -0.1) is 0 Å². The van der Waals surface area contributed by atoms with Gasteiger partial charge >= 0.3 is 0 Å². The second-order valence-electron chi connectivity index (χ2n) is 4.50. The van der Waals surface area contributed by atoms with Crippen LogP contribution in [0.2, 0.25) is 5.02 Å². The molecule has 0 spiro atoms. The minimum atomic E-state index is 0.432. The monoisotopic (exact) mass is 316 g/mol. The molecule has 0 saturated heterocycles. The molecule has 5 nitrogen and oxygen atoms in total. The summed E-state index contributed by atoms with van der Waals surface area (Å²) in [6, 6.07) is 12.6. The summed E-state index contributed by atoms with van der Waals surface area (Å²) in [6.07, 6.45) is 0. The van der Waals surface area contributed by atoms with Gasteiger partial charge < -0.3 is 14.0 Å². The molecule has 0 radical (unpaired) electrons. The molecule has 112 valence electrons. The maximum atomic E-state index is 5.87. The van der Waals surface area contributed by atoms with Gasteiger partial charge in [0.2, 0.25) is 5.82 Å². The van der Waals surface area contributed by atoms with E-state index >= 15 is 0 Å². The Kier molecular flexibility index (Phi) is 3.98. The first-order valence-corrected chi connectivity index (χ1v) is 6.91. The van der Waals surface area contributed by atoms with E-state index in [1.54, 1.807) is 38.5 Å². The molecule has 1 heterocycles. The van der Waals surface area contributed by atoms with Gasteiger partial charge in [0, 0.05) is 16.1 Å². The normalized spacial score (nSPS) is 10.5. The van der Waals surface area contributed by atoms with Crippen LogP contribution in [0.5, 0.6) is 11.5 Å². The van der Waals surface area contributed by atoms with Gasteiger partial charge in [0.15, 0.2) is 11.5 Å². The molecule has 2 aromatic carbocycles. The number of benzene rings is 2. The van der Waals surface area contributed by atoms with Crippen LogP contribution in [0.15, 0.2) is 47.0 Å². The third-order valence-corrected chi connectivity index (χ3v) is 3.41. The van der Waals surface area contributed by atoms with Crippen molar-refractivity contribution in [3.63, 3.8) is 0 Å². The summed E-state index contributed by atoms with van der Waals surface area (Å²) in [5, 5.41) is 4.66. The summed E-state index contributed by atoms with van der Waals surface area (Å²) in [5.74, 6) is 2.16.